The summed E-state index contributed by atoms with van der Waals surface area (Å²) < 4.78 is 4.57. The Morgan fingerprint density at radius 3 is 2.47 bits per heavy atom. The summed E-state index contributed by atoms with van der Waals surface area (Å²) in [6, 6.07) is -0.878. The molecule has 0 aromatic heterocycles. The molecule has 1 unspecified atom stereocenters. The summed E-state index contributed by atoms with van der Waals surface area (Å²) in [5.41, 5.74) is 0. The smallest absolute Gasteiger partial charge is 0.326 e. The van der Waals surface area contributed by atoms with Crippen molar-refractivity contribution in [3.63, 3.8) is 0 Å². The third-order valence-electron chi connectivity index (χ3n) is 2.91. The first-order chi connectivity index (χ1) is 7.88. The molecule has 96 valence electrons. The van der Waals surface area contributed by atoms with Crippen molar-refractivity contribution in [1.29, 1.82) is 0 Å². The van der Waals surface area contributed by atoms with Gasteiger partial charge in [-0.1, -0.05) is 13.8 Å². The molecule has 0 bridgehead atoms. The number of rotatable bonds is 4. The average molecular weight is 243 g/mol. The molecule has 17 heavy (non-hydrogen) atoms. The Bertz CT molecular complexity index is 339. The van der Waals surface area contributed by atoms with Crippen molar-refractivity contribution in [2.45, 2.75) is 26.3 Å². The van der Waals surface area contributed by atoms with Gasteiger partial charge in [0.15, 0.2) is 0 Å². The molecule has 0 aromatic carbocycles. The van der Waals surface area contributed by atoms with E-state index in [1.165, 1.54) is 12.0 Å². The van der Waals surface area contributed by atoms with Crippen molar-refractivity contribution in [1.82, 2.24) is 4.90 Å². The molecule has 1 N–H and O–H groups in total. The molecular weight excluding hydrogens is 226 g/mol. The maximum absolute atomic E-state index is 11.7. The van der Waals surface area contributed by atoms with Gasteiger partial charge in [0, 0.05) is 13.0 Å². The first-order valence-corrected chi connectivity index (χ1v) is 5.48. The molecule has 0 aliphatic carbocycles. The van der Waals surface area contributed by atoms with Gasteiger partial charge in [0.1, 0.15) is 6.04 Å². The Balaban J connectivity index is 2.82. The third kappa shape index (κ3) is 2.75. The van der Waals surface area contributed by atoms with E-state index >= 15 is 0 Å². The van der Waals surface area contributed by atoms with Gasteiger partial charge in [-0.2, -0.15) is 0 Å². The van der Waals surface area contributed by atoms with Crippen molar-refractivity contribution in [2.24, 2.45) is 11.8 Å². The lowest BCUT2D eigenvalue weighted by atomic mass is 10.0. The molecule has 0 spiro atoms. The molecule has 0 radical (unpaired) electrons. The number of amides is 1. The fourth-order valence-corrected chi connectivity index (χ4v) is 2.10. The van der Waals surface area contributed by atoms with E-state index in [1.54, 1.807) is 13.8 Å². The van der Waals surface area contributed by atoms with Gasteiger partial charge in [-0.3, -0.25) is 9.59 Å². The zero-order valence-electron chi connectivity index (χ0n) is 10.2. The van der Waals surface area contributed by atoms with Crippen LogP contribution in [0, 0.1) is 11.8 Å². The fourth-order valence-electron chi connectivity index (χ4n) is 2.10. The Morgan fingerprint density at radius 1 is 1.47 bits per heavy atom. The Kier molecular flexibility index (Phi) is 4.09. The minimum atomic E-state index is -1.04. The van der Waals surface area contributed by atoms with Crippen molar-refractivity contribution in [3.05, 3.63) is 0 Å². The van der Waals surface area contributed by atoms with E-state index in [9.17, 15) is 14.4 Å². The van der Waals surface area contributed by atoms with Crippen LogP contribution in [0.5, 0.6) is 0 Å². The predicted octanol–water partition coefficient (Wildman–Crippen LogP) is 0.117. The van der Waals surface area contributed by atoms with Crippen LogP contribution in [0.25, 0.3) is 0 Å². The number of carboxylic acids is 1. The minimum Gasteiger partial charge on any atom is -0.480 e. The Labute approximate surface area is 99.5 Å². The maximum Gasteiger partial charge on any atom is 0.326 e. The molecule has 6 heteroatoms. The van der Waals surface area contributed by atoms with E-state index in [0.717, 1.165) is 0 Å². The van der Waals surface area contributed by atoms with Crippen LogP contribution in [0.15, 0.2) is 0 Å². The van der Waals surface area contributed by atoms with Crippen molar-refractivity contribution < 1.29 is 24.2 Å². The summed E-state index contributed by atoms with van der Waals surface area (Å²) in [5.74, 6) is -2.56. The third-order valence-corrected chi connectivity index (χ3v) is 2.91. The lowest BCUT2D eigenvalue weighted by Gasteiger charge is -2.27. The number of methoxy groups -OCH3 is 1. The molecule has 1 amide bonds. The molecule has 1 heterocycles. The number of carboxylic acid groups (broad SMARTS) is 1. The highest BCUT2D eigenvalue weighted by atomic mass is 16.5. The van der Waals surface area contributed by atoms with Gasteiger partial charge in [0.05, 0.1) is 13.0 Å². The molecule has 0 aromatic rings. The van der Waals surface area contributed by atoms with E-state index in [4.69, 9.17) is 5.11 Å². The molecule has 1 aliphatic rings. The second-order valence-corrected chi connectivity index (χ2v) is 4.50. The zero-order valence-corrected chi connectivity index (χ0v) is 10.2. The van der Waals surface area contributed by atoms with E-state index < -0.39 is 23.9 Å². The second kappa shape index (κ2) is 5.16. The van der Waals surface area contributed by atoms with Crippen LogP contribution < -0.4 is 0 Å². The Hall–Kier alpha value is -1.59. The molecule has 1 aliphatic heterocycles. The van der Waals surface area contributed by atoms with Gasteiger partial charge in [-0.05, 0) is 5.92 Å². The largest absolute Gasteiger partial charge is 0.480 e. The highest BCUT2D eigenvalue weighted by Gasteiger charge is 2.42. The number of likely N-dealkylation sites (tertiary alicyclic amines) is 1. The molecular formula is C11H17NO5. The lowest BCUT2D eigenvalue weighted by Crippen LogP contribution is -2.45. The number of aliphatic carboxylic acids is 1. The van der Waals surface area contributed by atoms with Crippen LogP contribution in [-0.2, 0) is 19.1 Å². The summed E-state index contributed by atoms with van der Waals surface area (Å²) in [4.78, 5) is 35.4. The van der Waals surface area contributed by atoms with Crippen LogP contribution in [0.1, 0.15) is 20.3 Å². The highest BCUT2D eigenvalue weighted by Crippen LogP contribution is 2.24. The van der Waals surface area contributed by atoms with Gasteiger partial charge in [0.2, 0.25) is 5.91 Å². The number of nitrogens with zero attached hydrogens (tertiary/aromatic N) is 1. The van der Waals surface area contributed by atoms with E-state index in [0.29, 0.717) is 0 Å². The SMILES string of the molecule is COC(=O)C1CC(=O)N([C@H](C(=O)O)C(C)C)C1. The van der Waals surface area contributed by atoms with Crippen LogP contribution >= 0.6 is 0 Å². The monoisotopic (exact) mass is 243 g/mol. The number of carbonyl (C=O) groups excluding carboxylic acids is 2. The number of carbonyl (C=O) groups is 3. The molecule has 0 saturated carbocycles. The van der Waals surface area contributed by atoms with Crippen LogP contribution in [-0.4, -0.2) is 47.5 Å². The molecule has 6 nitrogen and oxygen atoms in total. The van der Waals surface area contributed by atoms with Crippen LogP contribution in [0.2, 0.25) is 0 Å². The van der Waals surface area contributed by atoms with Crippen molar-refractivity contribution in [3.8, 4) is 0 Å². The van der Waals surface area contributed by atoms with Crippen LogP contribution in [0.4, 0.5) is 0 Å². The van der Waals surface area contributed by atoms with Crippen molar-refractivity contribution >= 4 is 17.8 Å². The van der Waals surface area contributed by atoms with Gasteiger partial charge in [-0.25, -0.2) is 4.79 Å². The summed E-state index contributed by atoms with van der Waals surface area (Å²) in [7, 11) is 1.26. The van der Waals surface area contributed by atoms with Crippen LogP contribution in [0.3, 0.4) is 0 Å². The molecule has 1 fully saturated rings. The zero-order chi connectivity index (χ0) is 13.2. The minimum absolute atomic E-state index is 0.0309. The summed E-state index contributed by atoms with van der Waals surface area (Å²) in [6.07, 6.45) is 0.0309. The van der Waals surface area contributed by atoms with Gasteiger partial charge >= 0.3 is 11.9 Å². The normalized spacial score (nSPS) is 21.8. The van der Waals surface area contributed by atoms with E-state index in [2.05, 4.69) is 4.74 Å². The Morgan fingerprint density at radius 2 is 2.06 bits per heavy atom. The summed E-state index contributed by atoms with van der Waals surface area (Å²) >= 11 is 0. The van der Waals surface area contributed by atoms with Crippen molar-refractivity contribution in [2.75, 3.05) is 13.7 Å². The average Bonchev–Trinajstić information content (AvgIpc) is 2.59. The summed E-state index contributed by atoms with van der Waals surface area (Å²) in [6.45, 7) is 3.59. The second-order valence-electron chi connectivity index (χ2n) is 4.50. The number of hydrogen-bond acceptors (Lipinski definition) is 4. The van der Waals surface area contributed by atoms with Gasteiger partial charge < -0.3 is 14.7 Å². The van der Waals surface area contributed by atoms with E-state index in [1.807, 2.05) is 0 Å². The molecule has 1 rings (SSSR count). The van der Waals surface area contributed by atoms with Gasteiger partial charge in [0.25, 0.3) is 0 Å². The highest BCUT2D eigenvalue weighted by molar-refractivity contribution is 5.90. The predicted molar refractivity (Wildman–Crippen MR) is 58.1 cm³/mol. The number of esters is 1. The standard InChI is InChI=1S/C11H17NO5/c1-6(2)9(10(14)15)12-5-7(4-8(12)13)11(16)17-3/h6-7,9H,4-5H2,1-3H3,(H,14,15)/t7?,9-/m0/s1. The number of hydrogen-bond donors (Lipinski definition) is 1. The van der Waals surface area contributed by atoms with E-state index in [-0.39, 0.29) is 24.8 Å². The quantitative estimate of drug-likeness (QED) is 0.709. The molecule has 2 atom stereocenters. The first kappa shape index (κ1) is 13.5. The maximum atomic E-state index is 11.7. The fraction of sp³-hybridized carbons (Fsp3) is 0.727. The lowest BCUT2D eigenvalue weighted by molar-refractivity contribution is -0.150. The topological polar surface area (TPSA) is 83.9 Å². The first-order valence-electron chi connectivity index (χ1n) is 5.48. The summed E-state index contributed by atoms with van der Waals surface area (Å²) in [5, 5.41) is 9.09. The van der Waals surface area contributed by atoms with Gasteiger partial charge in [-0.15, -0.1) is 0 Å². The molecule has 1 saturated heterocycles. The number of ether oxygens (including phenoxy) is 1.